The Kier molecular flexibility index (Phi) is 9.86. The summed E-state index contributed by atoms with van der Waals surface area (Å²) in [6.07, 6.45) is 8.35. The Bertz CT molecular complexity index is 373. The van der Waals surface area contributed by atoms with E-state index in [4.69, 9.17) is 0 Å². The van der Waals surface area contributed by atoms with Crippen LogP contribution in [0.3, 0.4) is 0 Å². The molecule has 22 heavy (non-hydrogen) atoms. The molecule has 0 heterocycles. The molecule has 1 rings (SSSR count). The molecule has 2 atom stereocenters. The standard InChI is InChI=1S/C20H36P2/c1-17(2)11-9-15-21(5)19-13-7-8-14-20(19)22(6)16-10-12-18(3)4/h7-8,13-14,17-18H,9-12,15-16H2,1-6H3/t21-,22-/m1/s1. The van der Waals surface area contributed by atoms with Crippen LogP contribution in [0, 0.1) is 11.8 Å². The normalized spacial score (nSPS) is 14.5. The van der Waals surface area contributed by atoms with Crippen LogP contribution in [-0.2, 0) is 0 Å². The molecule has 1 aromatic rings. The van der Waals surface area contributed by atoms with Crippen LogP contribution >= 0.6 is 15.8 Å². The molecular formula is C20H36P2. The number of rotatable bonds is 10. The Hall–Kier alpha value is 0.0800. The average molecular weight is 338 g/mol. The third kappa shape index (κ3) is 7.57. The van der Waals surface area contributed by atoms with Crippen LogP contribution in [-0.4, -0.2) is 25.7 Å². The van der Waals surface area contributed by atoms with Gasteiger partial charge in [-0.3, -0.25) is 0 Å². The van der Waals surface area contributed by atoms with Gasteiger partial charge >= 0.3 is 0 Å². The lowest BCUT2D eigenvalue weighted by atomic mass is 10.1. The Balaban J connectivity index is 2.63. The zero-order valence-electron chi connectivity index (χ0n) is 15.6. The largest absolute Gasteiger partial charge is 0.0778 e. The summed E-state index contributed by atoms with van der Waals surface area (Å²) >= 11 is 0. The van der Waals surface area contributed by atoms with Gasteiger partial charge < -0.3 is 0 Å². The second-order valence-electron chi connectivity index (χ2n) is 7.40. The van der Waals surface area contributed by atoms with Gasteiger partial charge in [-0.2, -0.15) is 0 Å². The number of benzene rings is 1. The van der Waals surface area contributed by atoms with Crippen molar-refractivity contribution in [1.82, 2.24) is 0 Å². The highest BCUT2D eigenvalue weighted by atomic mass is 31.1. The van der Waals surface area contributed by atoms with Crippen molar-refractivity contribution in [2.24, 2.45) is 11.8 Å². The van der Waals surface area contributed by atoms with Gasteiger partial charge in [-0.15, -0.1) is 0 Å². The summed E-state index contributed by atoms with van der Waals surface area (Å²) in [4.78, 5) is 0. The highest BCUT2D eigenvalue weighted by Gasteiger charge is 2.14. The van der Waals surface area contributed by atoms with Gasteiger partial charge in [0, 0.05) is 0 Å². The number of hydrogen-bond acceptors (Lipinski definition) is 0. The summed E-state index contributed by atoms with van der Waals surface area (Å²) in [5.41, 5.74) is 0. The van der Waals surface area contributed by atoms with Crippen molar-refractivity contribution in [2.75, 3.05) is 25.7 Å². The lowest BCUT2D eigenvalue weighted by Crippen LogP contribution is -2.22. The van der Waals surface area contributed by atoms with Gasteiger partial charge in [0.1, 0.15) is 0 Å². The Morgan fingerprint density at radius 1 is 0.727 bits per heavy atom. The minimum absolute atomic E-state index is 0.0292. The van der Waals surface area contributed by atoms with Crippen LogP contribution in [0.25, 0.3) is 0 Å². The van der Waals surface area contributed by atoms with E-state index in [9.17, 15) is 0 Å². The van der Waals surface area contributed by atoms with E-state index in [1.54, 1.807) is 10.6 Å². The summed E-state index contributed by atoms with van der Waals surface area (Å²) in [7, 11) is 0.0584. The molecule has 0 saturated carbocycles. The van der Waals surface area contributed by atoms with Crippen molar-refractivity contribution >= 4 is 26.5 Å². The molecule has 0 aromatic heterocycles. The highest BCUT2D eigenvalue weighted by molar-refractivity contribution is 7.71. The summed E-state index contributed by atoms with van der Waals surface area (Å²) in [6.45, 7) is 14.3. The molecule has 0 aliphatic heterocycles. The van der Waals surface area contributed by atoms with Gasteiger partial charge in [0.2, 0.25) is 0 Å². The SMILES string of the molecule is CC(C)CCC[P@@](C)c1ccccc1[P@](C)CCCC(C)C. The van der Waals surface area contributed by atoms with Crippen molar-refractivity contribution in [3.05, 3.63) is 24.3 Å². The van der Waals surface area contributed by atoms with Gasteiger partial charge in [0.15, 0.2) is 0 Å². The molecule has 0 fully saturated rings. The maximum atomic E-state index is 2.49. The van der Waals surface area contributed by atoms with Gasteiger partial charge in [0.25, 0.3) is 0 Å². The molecule has 0 bridgehead atoms. The monoisotopic (exact) mass is 338 g/mol. The summed E-state index contributed by atoms with van der Waals surface area (Å²) in [6, 6.07) is 9.32. The molecule has 0 radical (unpaired) electrons. The van der Waals surface area contributed by atoms with Crippen LogP contribution in [0.2, 0.25) is 0 Å². The zero-order chi connectivity index (χ0) is 16.5. The maximum Gasteiger partial charge on any atom is -0.0167 e. The molecule has 0 aliphatic carbocycles. The van der Waals surface area contributed by atoms with Gasteiger partial charge in [0.05, 0.1) is 0 Å². The van der Waals surface area contributed by atoms with E-state index in [2.05, 4.69) is 65.3 Å². The minimum atomic E-state index is 0.0292. The molecule has 0 nitrogen and oxygen atoms in total. The molecule has 0 spiro atoms. The second-order valence-corrected chi connectivity index (χ2v) is 12.1. The Morgan fingerprint density at radius 2 is 1.09 bits per heavy atom. The molecular weight excluding hydrogens is 302 g/mol. The third-order valence-electron chi connectivity index (χ3n) is 4.25. The van der Waals surface area contributed by atoms with Crippen LogP contribution in [0.5, 0.6) is 0 Å². The quantitative estimate of drug-likeness (QED) is 0.457. The van der Waals surface area contributed by atoms with E-state index in [0.717, 1.165) is 11.8 Å². The van der Waals surface area contributed by atoms with Gasteiger partial charge in [-0.1, -0.05) is 80.6 Å². The van der Waals surface area contributed by atoms with E-state index in [0.29, 0.717) is 0 Å². The summed E-state index contributed by atoms with van der Waals surface area (Å²) < 4.78 is 0. The second kappa shape index (κ2) is 10.8. The predicted octanol–water partition coefficient (Wildman–Crippen LogP) is 6.03. The molecule has 0 N–H and O–H groups in total. The molecule has 126 valence electrons. The first-order valence-corrected chi connectivity index (χ1v) is 12.9. The van der Waals surface area contributed by atoms with Crippen LogP contribution in [0.15, 0.2) is 24.3 Å². The van der Waals surface area contributed by atoms with E-state index < -0.39 is 0 Å². The Labute approximate surface area is 142 Å². The first-order valence-electron chi connectivity index (χ1n) is 8.93. The number of hydrogen-bond donors (Lipinski definition) is 0. The highest BCUT2D eigenvalue weighted by Crippen LogP contribution is 2.37. The van der Waals surface area contributed by atoms with Crippen molar-refractivity contribution in [1.29, 1.82) is 0 Å². The first kappa shape index (κ1) is 20.1. The summed E-state index contributed by atoms with van der Waals surface area (Å²) in [5, 5.41) is 3.39. The van der Waals surface area contributed by atoms with Crippen LogP contribution < -0.4 is 10.6 Å². The third-order valence-corrected chi connectivity index (χ3v) is 8.83. The van der Waals surface area contributed by atoms with Crippen LogP contribution in [0.1, 0.15) is 53.4 Å². The smallest absolute Gasteiger partial charge is 0.0167 e. The fourth-order valence-electron chi connectivity index (χ4n) is 2.82. The van der Waals surface area contributed by atoms with E-state index in [1.807, 2.05) is 0 Å². The minimum Gasteiger partial charge on any atom is -0.0778 e. The first-order chi connectivity index (χ1) is 10.4. The molecule has 0 unspecified atom stereocenters. The Morgan fingerprint density at radius 3 is 1.41 bits per heavy atom. The predicted molar refractivity (Wildman–Crippen MR) is 109 cm³/mol. The topological polar surface area (TPSA) is 0 Å². The van der Waals surface area contributed by atoms with Crippen molar-refractivity contribution in [3.63, 3.8) is 0 Å². The molecule has 0 amide bonds. The van der Waals surface area contributed by atoms with Crippen molar-refractivity contribution in [2.45, 2.75) is 53.4 Å². The van der Waals surface area contributed by atoms with E-state index in [-0.39, 0.29) is 15.8 Å². The molecule has 0 aliphatic rings. The lowest BCUT2D eigenvalue weighted by Gasteiger charge is -2.22. The summed E-state index contributed by atoms with van der Waals surface area (Å²) in [5.74, 6) is 1.69. The molecule has 0 saturated heterocycles. The van der Waals surface area contributed by atoms with Gasteiger partial charge in [-0.25, -0.2) is 0 Å². The van der Waals surface area contributed by atoms with E-state index in [1.165, 1.54) is 38.0 Å². The average Bonchev–Trinajstić information content (AvgIpc) is 2.46. The zero-order valence-corrected chi connectivity index (χ0v) is 17.4. The fourth-order valence-corrected chi connectivity index (χ4v) is 7.26. The maximum absolute atomic E-state index is 2.49. The molecule has 2 heteroatoms. The van der Waals surface area contributed by atoms with Gasteiger partial charge in [-0.05, 0) is 60.9 Å². The van der Waals surface area contributed by atoms with Crippen LogP contribution in [0.4, 0.5) is 0 Å². The lowest BCUT2D eigenvalue weighted by molar-refractivity contribution is 0.578. The fraction of sp³-hybridized carbons (Fsp3) is 0.700. The van der Waals surface area contributed by atoms with Crippen molar-refractivity contribution < 1.29 is 0 Å². The van der Waals surface area contributed by atoms with E-state index >= 15 is 0 Å². The van der Waals surface area contributed by atoms with Crippen molar-refractivity contribution in [3.8, 4) is 0 Å². The molecule has 1 aromatic carbocycles.